The molecule has 2 aromatic heterocycles. The lowest BCUT2D eigenvalue weighted by Crippen LogP contribution is -2.00. The van der Waals surface area contributed by atoms with Crippen molar-refractivity contribution in [1.29, 1.82) is 0 Å². The predicted molar refractivity (Wildman–Crippen MR) is 218 cm³/mol. The molecule has 1 aliphatic carbocycles. The van der Waals surface area contributed by atoms with Gasteiger partial charge >= 0.3 is 0 Å². The standard InChI is InChI=1S/C49H33N3/c1-2-18-39-32(11-1)12-9-23-40(39)34-14-8-16-36(28-34)48-30-47(35-15-7-13-33(27-35)38-17-10-26-50-31-38)51-49(52-48)37-24-25-45-43-21-4-3-19-41(43)42-20-5-6-22-44(42)46(45)29-37/h1-7,9-13,15-31H,8,14H2. The van der Waals surface area contributed by atoms with Crippen LogP contribution in [0.4, 0.5) is 0 Å². The molecule has 0 atom stereocenters. The molecule has 3 nitrogen and oxygen atoms in total. The van der Waals surface area contributed by atoms with Crippen molar-refractivity contribution in [1.82, 2.24) is 15.0 Å². The number of nitrogens with zero attached hydrogens (tertiary/aromatic N) is 3. The van der Waals surface area contributed by atoms with E-state index in [0.717, 1.165) is 52.1 Å². The smallest absolute Gasteiger partial charge is 0.160 e. The van der Waals surface area contributed by atoms with Crippen LogP contribution >= 0.6 is 0 Å². The fraction of sp³-hybridized carbons (Fsp3) is 0.0408. The van der Waals surface area contributed by atoms with Gasteiger partial charge in [-0.2, -0.15) is 0 Å². The fourth-order valence-electron chi connectivity index (χ4n) is 7.91. The molecule has 244 valence electrons. The molecule has 0 amide bonds. The molecule has 10 rings (SSSR count). The molecule has 0 saturated carbocycles. The minimum Gasteiger partial charge on any atom is -0.264 e. The molecular formula is C49H33N3. The fourth-order valence-corrected chi connectivity index (χ4v) is 7.91. The number of fused-ring (bicyclic) bond motifs is 7. The number of rotatable bonds is 5. The van der Waals surface area contributed by atoms with Crippen molar-refractivity contribution in [2.75, 3.05) is 0 Å². The number of hydrogen-bond acceptors (Lipinski definition) is 3. The Kier molecular flexibility index (Phi) is 7.28. The summed E-state index contributed by atoms with van der Waals surface area (Å²) in [6.45, 7) is 0. The van der Waals surface area contributed by atoms with E-state index in [1.807, 2.05) is 18.5 Å². The second-order valence-corrected chi connectivity index (χ2v) is 13.5. The highest BCUT2D eigenvalue weighted by atomic mass is 14.9. The summed E-state index contributed by atoms with van der Waals surface area (Å²) >= 11 is 0. The van der Waals surface area contributed by atoms with E-state index < -0.39 is 0 Å². The van der Waals surface area contributed by atoms with Crippen LogP contribution in [0.1, 0.15) is 24.1 Å². The molecule has 0 spiro atoms. The van der Waals surface area contributed by atoms with Crippen molar-refractivity contribution >= 4 is 54.2 Å². The molecule has 52 heavy (non-hydrogen) atoms. The largest absolute Gasteiger partial charge is 0.264 e. The minimum absolute atomic E-state index is 0.713. The Labute approximate surface area is 302 Å². The second kappa shape index (κ2) is 12.6. The first kappa shape index (κ1) is 30.1. The zero-order valence-electron chi connectivity index (χ0n) is 28.5. The summed E-state index contributed by atoms with van der Waals surface area (Å²) in [6.07, 6.45) is 10.3. The van der Waals surface area contributed by atoms with Crippen LogP contribution in [0.2, 0.25) is 0 Å². The second-order valence-electron chi connectivity index (χ2n) is 13.5. The average molecular weight is 664 g/mol. The molecule has 1 aliphatic rings. The van der Waals surface area contributed by atoms with E-state index in [4.69, 9.17) is 9.97 Å². The van der Waals surface area contributed by atoms with E-state index in [1.165, 1.54) is 54.2 Å². The average Bonchev–Trinajstić information content (AvgIpc) is 3.23. The normalized spacial score (nSPS) is 13.1. The van der Waals surface area contributed by atoms with Gasteiger partial charge in [-0.05, 0) is 109 Å². The summed E-state index contributed by atoms with van der Waals surface area (Å²) in [4.78, 5) is 15.0. The lowest BCUT2D eigenvalue weighted by atomic mass is 9.89. The molecule has 0 saturated heterocycles. The first-order valence-corrected chi connectivity index (χ1v) is 17.9. The SMILES string of the molecule is C1=C(c2cc(-c3cccc(-c4cccnc4)c3)nc(-c3ccc4c5ccccc5c5ccccc5c4c3)n2)C=C(c2cccc3ccccc23)CC1. The Morgan fingerprint density at radius 2 is 1.10 bits per heavy atom. The van der Waals surface area contributed by atoms with Gasteiger partial charge in [-0.3, -0.25) is 4.98 Å². The van der Waals surface area contributed by atoms with Gasteiger partial charge < -0.3 is 0 Å². The van der Waals surface area contributed by atoms with Gasteiger partial charge in [-0.25, -0.2) is 9.97 Å². The maximum absolute atomic E-state index is 5.34. The highest BCUT2D eigenvalue weighted by molar-refractivity contribution is 6.25. The Morgan fingerprint density at radius 1 is 0.442 bits per heavy atom. The van der Waals surface area contributed by atoms with Gasteiger partial charge in [0.1, 0.15) is 0 Å². The first-order chi connectivity index (χ1) is 25.8. The van der Waals surface area contributed by atoms with Crippen molar-refractivity contribution < 1.29 is 0 Å². The predicted octanol–water partition coefficient (Wildman–Crippen LogP) is 12.7. The van der Waals surface area contributed by atoms with Crippen LogP contribution in [-0.4, -0.2) is 15.0 Å². The summed E-state index contributed by atoms with van der Waals surface area (Å²) in [6, 6.07) is 54.2. The Bertz CT molecular complexity index is 2860. The van der Waals surface area contributed by atoms with Gasteiger partial charge in [0.15, 0.2) is 5.82 Å². The maximum atomic E-state index is 5.34. The van der Waals surface area contributed by atoms with Gasteiger partial charge in [0, 0.05) is 29.1 Å². The minimum atomic E-state index is 0.713. The summed E-state index contributed by atoms with van der Waals surface area (Å²) in [5, 5.41) is 9.99. The maximum Gasteiger partial charge on any atom is 0.160 e. The van der Waals surface area contributed by atoms with Gasteiger partial charge in [0.05, 0.1) is 11.4 Å². The molecule has 7 aromatic carbocycles. The third-order valence-electron chi connectivity index (χ3n) is 10.4. The third-order valence-corrected chi connectivity index (χ3v) is 10.4. The lowest BCUT2D eigenvalue weighted by Gasteiger charge is -2.17. The van der Waals surface area contributed by atoms with Crippen LogP contribution in [-0.2, 0) is 0 Å². The molecule has 0 N–H and O–H groups in total. The highest BCUT2D eigenvalue weighted by Gasteiger charge is 2.17. The van der Waals surface area contributed by atoms with Crippen LogP contribution < -0.4 is 0 Å². The topological polar surface area (TPSA) is 38.7 Å². The summed E-state index contributed by atoms with van der Waals surface area (Å²) < 4.78 is 0. The van der Waals surface area contributed by atoms with Gasteiger partial charge in [-0.1, -0.05) is 133 Å². The van der Waals surface area contributed by atoms with Gasteiger partial charge in [-0.15, -0.1) is 0 Å². The first-order valence-electron chi connectivity index (χ1n) is 17.9. The Balaban J connectivity index is 1.17. The summed E-state index contributed by atoms with van der Waals surface area (Å²) in [5.41, 5.74) is 9.77. The van der Waals surface area contributed by atoms with E-state index in [-0.39, 0.29) is 0 Å². The molecule has 0 bridgehead atoms. The van der Waals surface area contributed by atoms with Crippen LogP contribution in [0.5, 0.6) is 0 Å². The number of aromatic nitrogens is 3. The quantitative estimate of drug-likeness (QED) is 0.172. The third kappa shape index (κ3) is 5.26. The zero-order valence-corrected chi connectivity index (χ0v) is 28.5. The van der Waals surface area contributed by atoms with E-state index in [1.54, 1.807) is 0 Å². The van der Waals surface area contributed by atoms with Crippen molar-refractivity contribution in [3.8, 4) is 33.8 Å². The van der Waals surface area contributed by atoms with Crippen LogP contribution in [0, 0.1) is 0 Å². The van der Waals surface area contributed by atoms with E-state index in [0.29, 0.717) is 5.82 Å². The van der Waals surface area contributed by atoms with Crippen molar-refractivity contribution in [3.63, 3.8) is 0 Å². The summed E-state index contributed by atoms with van der Waals surface area (Å²) in [7, 11) is 0. The molecule has 0 aliphatic heterocycles. The monoisotopic (exact) mass is 663 g/mol. The van der Waals surface area contributed by atoms with Gasteiger partial charge in [0.25, 0.3) is 0 Å². The number of hydrogen-bond donors (Lipinski definition) is 0. The summed E-state index contributed by atoms with van der Waals surface area (Å²) in [5.74, 6) is 0.713. The van der Waals surface area contributed by atoms with E-state index in [2.05, 4.69) is 163 Å². The highest BCUT2D eigenvalue weighted by Crippen LogP contribution is 2.39. The molecule has 9 aromatic rings. The van der Waals surface area contributed by atoms with E-state index in [9.17, 15) is 0 Å². The molecule has 0 fully saturated rings. The molecule has 0 radical (unpaired) electrons. The van der Waals surface area contributed by atoms with Crippen molar-refractivity contribution in [2.45, 2.75) is 12.8 Å². The molecule has 3 heteroatoms. The number of allylic oxidation sites excluding steroid dienone is 4. The molecular weight excluding hydrogens is 631 g/mol. The molecule has 0 unspecified atom stereocenters. The van der Waals surface area contributed by atoms with E-state index >= 15 is 0 Å². The Morgan fingerprint density at radius 3 is 1.88 bits per heavy atom. The van der Waals surface area contributed by atoms with Gasteiger partial charge in [0.2, 0.25) is 0 Å². The lowest BCUT2D eigenvalue weighted by molar-refractivity contribution is 1.05. The van der Waals surface area contributed by atoms with Crippen LogP contribution in [0.15, 0.2) is 176 Å². The molecule has 2 heterocycles. The van der Waals surface area contributed by atoms with Crippen molar-refractivity contribution in [3.05, 3.63) is 187 Å². The van der Waals surface area contributed by atoms with Crippen LogP contribution in [0.3, 0.4) is 0 Å². The van der Waals surface area contributed by atoms with Crippen molar-refractivity contribution in [2.24, 2.45) is 0 Å². The number of benzene rings is 7. The zero-order chi connectivity index (χ0) is 34.4. The Hall–Kier alpha value is -6.71. The number of pyridine rings is 1. The van der Waals surface area contributed by atoms with Crippen LogP contribution in [0.25, 0.3) is 88.0 Å².